The van der Waals surface area contributed by atoms with Gasteiger partial charge in [0, 0.05) is 45.1 Å². The van der Waals surface area contributed by atoms with Crippen molar-refractivity contribution in [2.75, 3.05) is 19.7 Å². The maximum Gasteiger partial charge on any atom is 0.259 e. The van der Waals surface area contributed by atoms with Gasteiger partial charge in [-0.15, -0.1) is 0 Å². The van der Waals surface area contributed by atoms with Gasteiger partial charge in [-0.1, -0.05) is 0 Å². The number of rotatable bonds is 2. The summed E-state index contributed by atoms with van der Waals surface area (Å²) in [5, 5.41) is 8.70. The number of ether oxygens (including phenoxy) is 1. The topological polar surface area (TPSA) is 65.2 Å². The number of piperidine rings is 1. The van der Waals surface area contributed by atoms with Crippen molar-refractivity contribution in [2.24, 2.45) is 13.0 Å². The van der Waals surface area contributed by atoms with E-state index in [2.05, 4.69) is 10.2 Å². The molecule has 0 aliphatic carbocycles. The van der Waals surface area contributed by atoms with E-state index in [1.807, 2.05) is 31.1 Å². The minimum atomic E-state index is 0.0476. The van der Waals surface area contributed by atoms with Crippen LogP contribution < -0.4 is 0 Å². The fourth-order valence-corrected chi connectivity index (χ4v) is 3.77. The number of aromatic nitrogens is 4. The van der Waals surface area contributed by atoms with Crippen molar-refractivity contribution in [3.63, 3.8) is 0 Å². The zero-order valence-electron chi connectivity index (χ0n) is 13.5. The maximum absolute atomic E-state index is 13.1. The fourth-order valence-electron chi connectivity index (χ4n) is 3.77. The molecule has 2 atom stereocenters. The summed E-state index contributed by atoms with van der Waals surface area (Å²) < 4.78 is 9.16. The molecule has 4 rings (SSSR count). The maximum atomic E-state index is 13.1. The minimum absolute atomic E-state index is 0.0476. The van der Waals surface area contributed by atoms with E-state index in [0.29, 0.717) is 17.6 Å². The van der Waals surface area contributed by atoms with Crippen LogP contribution in [0.25, 0.3) is 5.82 Å². The van der Waals surface area contributed by atoms with Crippen molar-refractivity contribution in [1.82, 2.24) is 24.5 Å². The van der Waals surface area contributed by atoms with E-state index in [-0.39, 0.29) is 5.91 Å². The number of carbonyl (C=O) groups is 1. The van der Waals surface area contributed by atoms with Crippen LogP contribution in [0.5, 0.6) is 0 Å². The van der Waals surface area contributed by atoms with Gasteiger partial charge >= 0.3 is 0 Å². The molecule has 0 bridgehead atoms. The number of fused-ring (bicyclic) bond motifs is 1. The SMILES string of the molecule is Cc1nn(C)c(-n2cccn2)c1C(=O)N1CC[C@H]2OCC[C@H]2C1. The molecule has 2 aromatic rings. The second kappa shape index (κ2) is 5.49. The number of hydrogen-bond acceptors (Lipinski definition) is 4. The van der Waals surface area contributed by atoms with Crippen LogP contribution in [-0.2, 0) is 11.8 Å². The van der Waals surface area contributed by atoms with Gasteiger partial charge < -0.3 is 9.64 Å². The number of aryl methyl sites for hydroxylation is 2. The standard InChI is InChI=1S/C16H21N5O2/c1-11-14(15(19(2)18-11)21-7-3-6-17-21)16(22)20-8-4-13-12(10-20)5-9-23-13/h3,6-7,12-13H,4-5,8-10H2,1-2H3/t12-,13+/m0/s1. The molecule has 0 saturated carbocycles. The van der Waals surface area contributed by atoms with E-state index in [4.69, 9.17) is 4.74 Å². The van der Waals surface area contributed by atoms with Crippen molar-refractivity contribution in [3.8, 4) is 5.82 Å². The van der Waals surface area contributed by atoms with Gasteiger partial charge in [-0.2, -0.15) is 10.2 Å². The number of carbonyl (C=O) groups excluding carboxylic acids is 1. The zero-order valence-corrected chi connectivity index (χ0v) is 13.5. The van der Waals surface area contributed by atoms with Gasteiger partial charge in [0.1, 0.15) is 5.56 Å². The summed E-state index contributed by atoms with van der Waals surface area (Å²) in [7, 11) is 1.85. The first kappa shape index (κ1) is 14.4. The first-order valence-corrected chi connectivity index (χ1v) is 8.09. The number of nitrogens with zero attached hydrogens (tertiary/aromatic N) is 5. The van der Waals surface area contributed by atoms with Gasteiger partial charge in [0.2, 0.25) is 0 Å². The van der Waals surface area contributed by atoms with Gasteiger partial charge in [-0.3, -0.25) is 4.79 Å². The molecule has 1 amide bonds. The van der Waals surface area contributed by atoms with Crippen LogP contribution in [0.3, 0.4) is 0 Å². The van der Waals surface area contributed by atoms with Gasteiger partial charge in [0.25, 0.3) is 5.91 Å². The Hall–Kier alpha value is -2.15. The lowest BCUT2D eigenvalue weighted by atomic mass is 9.94. The first-order chi connectivity index (χ1) is 11.1. The lowest BCUT2D eigenvalue weighted by molar-refractivity contribution is 0.0305. The quantitative estimate of drug-likeness (QED) is 0.834. The highest BCUT2D eigenvalue weighted by Gasteiger charge is 2.37. The molecule has 0 aromatic carbocycles. The summed E-state index contributed by atoms with van der Waals surface area (Å²) >= 11 is 0. The highest BCUT2D eigenvalue weighted by Crippen LogP contribution is 2.30. The monoisotopic (exact) mass is 315 g/mol. The molecular weight excluding hydrogens is 294 g/mol. The largest absolute Gasteiger partial charge is 0.378 e. The van der Waals surface area contributed by atoms with E-state index in [1.165, 1.54) is 0 Å². The highest BCUT2D eigenvalue weighted by molar-refractivity contribution is 5.98. The molecule has 2 aliphatic rings. The number of likely N-dealkylation sites (tertiary alicyclic amines) is 1. The molecule has 0 spiro atoms. The molecule has 0 radical (unpaired) electrons. The Kier molecular flexibility index (Phi) is 3.45. The van der Waals surface area contributed by atoms with Gasteiger partial charge in [0.15, 0.2) is 5.82 Å². The van der Waals surface area contributed by atoms with Crippen LogP contribution in [0.1, 0.15) is 28.9 Å². The molecule has 0 N–H and O–H groups in total. The molecule has 0 unspecified atom stereocenters. The molecule has 7 nitrogen and oxygen atoms in total. The Labute approximate surface area is 134 Å². The molecular formula is C16H21N5O2. The Morgan fingerprint density at radius 3 is 3.04 bits per heavy atom. The van der Waals surface area contributed by atoms with Crippen LogP contribution in [0.2, 0.25) is 0 Å². The Morgan fingerprint density at radius 1 is 1.39 bits per heavy atom. The summed E-state index contributed by atoms with van der Waals surface area (Å²) in [6.07, 6.45) is 5.85. The summed E-state index contributed by atoms with van der Waals surface area (Å²) in [6.45, 7) is 4.22. The fraction of sp³-hybridized carbons (Fsp3) is 0.562. The molecule has 7 heteroatoms. The lowest BCUT2D eigenvalue weighted by Gasteiger charge is -2.34. The van der Waals surface area contributed by atoms with Gasteiger partial charge in [-0.25, -0.2) is 9.36 Å². The van der Waals surface area contributed by atoms with E-state index in [9.17, 15) is 4.79 Å². The van der Waals surface area contributed by atoms with Crippen LogP contribution in [0, 0.1) is 12.8 Å². The molecule has 2 fully saturated rings. The predicted octanol–water partition coefficient (Wildman–Crippen LogP) is 1.17. The molecule has 2 saturated heterocycles. The normalized spacial score (nSPS) is 24.0. The summed E-state index contributed by atoms with van der Waals surface area (Å²) in [5.74, 6) is 1.24. The van der Waals surface area contributed by atoms with E-state index < -0.39 is 0 Å². The van der Waals surface area contributed by atoms with Crippen molar-refractivity contribution >= 4 is 5.91 Å². The first-order valence-electron chi connectivity index (χ1n) is 8.09. The minimum Gasteiger partial charge on any atom is -0.378 e. The third-order valence-corrected chi connectivity index (χ3v) is 4.90. The Balaban J connectivity index is 1.66. The second-order valence-electron chi connectivity index (χ2n) is 6.36. The van der Waals surface area contributed by atoms with Gasteiger partial charge in [0.05, 0.1) is 11.8 Å². The third kappa shape index (κ3) is 2.35. The van der Waals surface area contributed by atoms with Crippen molar-refractivity contribution < 1.29 is 9.53 Å². The Morgan fingerprint density at radius 2 is 2.26 bits per heavy atom. The van der Waals surface area contributed by atoms with Crippen LogP contribution >= 0.6 is 0 Å². The lowest BCUT2D eigenvalue weighted by Crippen LogP contribution is -2.44. The predicted molar refractivity (Wildman–Crippen MR) is 83.4 cm³/mol. The average Bonchev–Trinajstić information content (AvgIpc) is 3.25. The third-order valence-electron chi connectivity index (χ3n) is 4.90. The zero-order chi connectivity index (χ0) is 16.0. The van der Waals surface area contributed by atoms with E-state index in [1.54, 1.807) is 15.6 Å². The molecule has 4 heterocycles. The highest BCUT2D eigenvalue weighted by atomic mass is 16.5. The number of hydrogen-bond donors (Lipinski definition) is 0. The average molecular weight is 315 g/mol. The van der Waals surface area contributed by atoms with Crippen molar-refractivity contribution in [1.29, 1.82) is 0 Å². The summed E-state index contributed by atoms with van der Waals surface area (Å²) in [4.78, 5) is 15.1. The van der Waals surface area contributed by atoms with Crippen LogP contribution in [-0.4, -0.2) is 56.2 Å². The van der Waals surface area contributed by atoms with Crippen LogP contribution in [0.4, 0.5) is 0 Å². The second-order valence-corrected chi connectivity index (χ2v) is 6.36. The Bertz CT molecular complexity index is 721. The summed E-state index contributed by atoms with van der Waals surface area (Å²) in [6, 6.07) is 1.85. The molecule has 2 aliphatic heterocycles. The molecule has 23 heavy (non-hydrogen) atoms. The van der Waals surface area contributed by atoms with Crippen molar-refractivity contribution in [3.05, 3.63) is 29.7 Å². The molecule has 2 aromatic heterocycles. The van der Waals surface area contributed by atoms with Crippen LogP contribution in [0.15, 0.2) is 18.5 Å². The smallest absolute Gasteiger partial charge is 0.259 e. The van der Waals surface area contributed by atoms with Gasteiger partial charge in [-0.05, 0) is 25.8 Å². The number of amides is 1. The molecule has 122 valence electrons. The van der Waals surface area contributed by atoms with E-state index >= 15 is 0 Å². The summed E-state index contributed by atoms with van der Waals surface area (Å²) in [5.41, 5.74) is 1.39. The van der Waals surface area contributed by atoms with Crippen molar-refractivity contribution in [2.45, 2.75) is 25.9 Å². The van der Waals surface area contributed by atoms with E-state index in [0.717, 1.165) is 44.0 Å².